The second kappa shape index (κ2) is 45.3. The van der Waals surface area contributed by atoms with Gasteiger partial charge in [0.1, 0.15) is 13.2 Å². The van der Waals surface area contributed by atoms with E-state index in [0.29, 0.717) is 19.3 Å². The van der Waals surface area contributed by atoms with Gasteiger partial charge in [-0.1, -0.05) is 205 Å². The lowest BCUT2D eigenvalue weighted by Crippen LogP contribution is -2.30. The van der Waals surface area contributed by atoms with Crippen LogP contribution in [0.1, 0.15) is 245 Å². The lowest BCUT2D eigenvalue weighted by molar-refractivity contribution is -0.167. The molecule has 6 nitrogen and oxygen atoms in total. The number of hydrogen-bond acceptors (Lipinski definition) is 6. The van der Waals surface area contributed by atoms with E-state index < -0.39 is 6.10 Å². The van der Waals surface area contributed by atoms with Crippen molar-refractivity contribution in [2.45, 2.75) is 252 Å². The predicted molar refractivity (Wildman–Crippen MR) is 238 cm³/mol. The first-order valence-corrected chi connectivity index (χ1v) is 24.0. The van der Waals surface area contributed by atoms with E-state index >= 15 is 0 Å². The van der Waals surface area contributed by atoms with Gasteiger partial charge in [0.2, 0.25) is 0 Å². The Morgan fingerprint density at radius 1 is 0.357 bits per heavy atom. The van der Waals surface area contributed by atoms with Gasteiger partial charge in [-0.15, -0.1) is 0 Å². The largest absolute Gasteiger partial charge is 0.462 e. The van der Waals surface area contributed by atoms with E-state index in [9.17, 15) is 14.4 Å². The van der Waals surface area contributed by atoms with Gasteiger partial charge in [0, 0.05) is 19.3 Å². The summed E-state index contributed by atoms with van der Waals surface area (Å²) < 4.78 is 16.5. The molecule has 326 valence electrons. The maximum absolute atomic E-state index is 12.5. The minimum Gasteiger partial charge on any atom is -0.462 e. The van der Waals surface area contributed by atoms with Crippen molar-refractivity contribution >= 4 is 17.9 Å². The third kappa shape index (κ3) is 42.8. The molecule has 1 atom stereocenters. The quantitative estimate of drug-likeness (QED) is 0.0265. The Hall–Kier alpha value is -2.37. The molecular formula is C50H90O6. The van der Waals surface area contributed by atoms with Crippen LogP contribution in [0.25, 0.3) is 0 Å². The number of allylic oxidation sites excluding steroid dienone is 6. The lowest BCUT2D eigenvalue weighted by atomic mass is 10.0. The molecule has 0 aliphatic heterocycles. The fourth-order valence-electron chi connectivity index (χ4n) is 6.74. The zero-order chi connectivity index (χ0) is 40.8. The molecule has 6 heteroatoms. The monoisotopic (exact) mass is 787 g/mol. The van der Waals surface area contributed by atoms with E-state index in [1.807, 2.05) is 0 Å². The van der Waals surface area contributed by atoms with Crippen molar-refractivity contribution in [3.05, 3.63) is 36.5 Å². The molecule has 0 bridgehead atoms. The summed E-state index contributed by atoms with van der Waals surface area (Å²) in [6.45, 7) is 6.48. The maximum atomic E-state index is 12.5. The molecule has 1 unspecified atom stereocenters. The minimum absolute atomic E-state index is 0.0719. The zero-order valence-electron chi connectivity index (χ0n) is 37.2. The highest BCUT2D eigenvalue weighted by molar-refractivity contribution is 5.71. The molecule has 0 saturated carbocycles. The molecule has 56 heavy (non-hydrogen) atoms. The van der Waals surface area contributed by atoms with Gasteiger partial charge in [0.15, 0.2) is 6.10 Å². The molecule has 0 aliphatic rings. The summed E-state index contributed by atoms with van der Waals surface area (Å²) in [4.78, 5) is 37.2. The van der Waals surface area contributed by atoms with Crippen LogP contribution in [-0.4, -0.2) is 37.2 Å². The van der Waals surface area contributed by atoms with Gasteiger partial charge in [-0.25, -0.2) is 0 Å². The van der Waals surface area contributed by atoms with Crippen LogP contribution in [0, 0.1) is 0 Å². The van der Waals surface area contributed by atoms with E-state index in [1.165, 1.54) is 128 Å². The zero-order valence-corrected chi connectivity index (χ0v) is 37.2. The van der Waals surface area contributed by atoms with Crippen LogP contribution in [-0.2, 0) is 28.6 Å². The highest BCUT2D eigenvalue weighted by atomic mass is 16.6. The Kier molecular flexibility index (Phi) is 43.4. The molecule has 0 aromatic carbocycles. The molecular weight excluding hydrogens is 697 g/mol. The number of rotatable bonds is 43. The molecule has 0 saturated heterocycles. The predicted octanol–water partition coefficient (Wildman–Crippen LogP) is 15.4. The Morgan fingerprint density at radius 2 is 0.643 bits per heavy atom. The molecule has 0 aromatic rings. The van der Waals surface area contributed by atoms with Gasteiger partial charge in [0.25, 0.3) is 0 Å². The second-order valence-electron chi connectivity index (χ2n) is 16.0. The molecule has 0 fully saturated rings. The lowest BCUT2D eigenvalue weighted by Gasteiger charge is -2.18. The van der Waals surface area contributed by atoms with E-state index in [4.69, 9.17) is 14.2 Å². The van der Waals surface area contributed by atoms with Gasteiger partial charge >= 0.3 is 17.9 Å². The molecule has 0 heterocycles. The van der Waals surface area contributed by atoms with Crippen molar-refractivity contribution in [3.8, 4) is 0 Å². The van der Waals surface area contributed by atoms with Gasteiger partial charge in [-0.05, 0) is 57.8 Å². The summed E-state index contributed by atoms with van der Waals surface area (Å²) in [5.74, 6) is -0.896. The molecule has 0 aliphatic carbocycles. The maximum Gasteiger partial charge on any atom is 0.306 e. The van der Waals surface area contributed by atoms with Gasteiger partial charge in [-0.2, -0.15) is 0 Å². The summed E-state index contributed by atoms with van der Waals surface area (Å²) in [5, 5.41) is 0. The molecule has 0 spiro atoms. The first-order valence-electron chi connectivity index (χ1n) is 24.0. The Bertz CT molecular complexity index is 953. The van der Waals surface area contributed by atoms with Crippen LogP contribution in [0.4, 0.5) is 0 Å². The average molecular weight is 787 g/mol. The summed E-state index contributed by atoms with van der Waals surface area (Å²) in [6.07, 6.45) is 52.0. The van der Waals surface area contributed by atoms with E-state index in [2.05, 4.69) is 57.2 Å². The number of carbonyl (C=O) groups excluding carboxylic acids is 3. The molecule has 0 N–H and O–H groups in total. The van der Waals surface area contributed by atoms with Crippen LogP contribution in [0.15, 0.2) is 36.5 Å². The van der Waals surface area contributed by atoms with Crippen molar-refractivity contribution in [2.75, 3.05) is 13.2 Å². The second-order valence-corrected chi connectivity index (χ2v) is 16.0. The van der Waals surface area contributed by atoms with Crippen molar-refractivity contribution < 1.29 is 28.6 Å². The van der Waals surface area contributed by atoms with Crippen molar-refractivity contribution in [2.24, 2.45) is 0 Å². The number of hydrogen-bond donors (Lipinski definition) is 0. The summed E-state index contributed by atoms with van der Waals surface area (Å²) in [7, 11) is 0. The van der Waals surface area contributed by atoms with Crippen LogP contribution < -0.4 is 0 Å². The summed E-state index contributed by atoms with van der Waals surface area (Å²) in [5.41, 5.74) is 0. The Labute approximate surface area is 346 Å². The Morgan fingerprint density at radius 3 is 1.00 bits per heavy atom. The van der Waals surface area contributed by atoms with Crippen LogP contribution in [0.5, 0.6) is 0 Å². The van der Waals surface area contributed by atoms with Crippen LogP contribution >= 0.6 is 0 Å². The normalized spacial score (nSPS) is 12.3. The smallest absolute Gasteiger partial charge is 0.306 e. The van der Waals surface area contributed by atoms with Crippen molar-refractivity contribution in [1.29, 1.82) is 0 Å². The SMILES string of the molecule is CCCCCCC/C=C\C/C=C\C/C=C\CCCCCCCCCCCCCCC(=O)OCC(COC(=O)CCCCCCC)OC(=O)CCCCCCCC. The number of carbonyl (C=O) groups is 3. The number of unbranched alkanes of at least 4 members (excludes halogenated alkanes) is 26. The Balaban J connectivity index is 3.90. The topological polar surface area (TPSA) is 78.9 Å². The van der Waals surface area contributed by atoms with Crippen molar-refractivity contribution in [1.82, 2.24) is 0 Å². The highest BCUT2D eigenvalue weighted by Crippen LogP contribution is 2.15. The van der Waals surface area contributed by atoms with Crippen molar-refractivity contribution in [3.63, 3.8) is 0 Å². The fourth-order valence-corrected chi connectivity index (χ4v) is 6.74. The van der Waals surface area contributed by atoms with Gasteiger partial charge in [0.05, 0.1) is 0 Å². The molecule has 0 radical (unpaired) electrons. The van der Waals surface area contributed by atoms with Crippen LogP contribution in [0.2, 0.25) is 0 Å². The van der Waals surface area contributed by atoms with E-state index in [0.717, 1.165) is 77.0 Å². The van der Waals surface area contributed by atoms with Gasteiger partial charge in [-0.3, -0.25) is 14.4 Å². The number of esters is 3. The standard InChI is InChI=1S/C50H90O6/c1-4-7-10-13-15-16-17-18-19-20-21-22-23-24-25-26-27-28-29-30-31-32-33-34-35-38-40-43-49(52)55-46-47(45-54-48(51)42-39-36-12-9-6-3)56-50(53)44-41-37-14-11-8-5-2/h17-18,20-21,23-24,47H,4-16,19,22,25-46H2,1-3H3/b18-17-,21-20-,24-23-. The van der Waals surface area contributed by atoms with Gasteiger partial charge < -0.3 is 14.2 Å². The summed E-state index contributed by atoms with van der Waals surface area (Å²) in [6, 6.07) is 0. The molecule has 0 rings (SSSR count). The van der Waals surface area contributed by atoms with E-state index in [1.54, 1.807) is 0 Å². The average Bonchev–Trinajstić information content (AvgIpc) is 3.19. The summed E-state index contributed by atoms with van der Waals surface area (Å²) >= 11 is 0. The first-order chi connectivity index (χ1) is 27.5. The van der Waals surface area contributed by atoms with Crippen LogP contribution in [0.3, 0.4) is 0 Å². The highest BCUT2D eigenvalue weighted by Gasteiger charge is 2.19. The minimum atomic E-state index is -0.761. The number of ether oxygens (including phenoxy) is 3. The fraction of sp³-hybridized carbons (Fsp3) is 0.820. The molecule has 0 amide bonds. The third-order valence-corrected chi connectivity index (χ3v) is 10.4. The third-order valence-electron chi connectivity index (χ3n) is 10.4. The van der Waals surface area contributed by atoms with E-state index in [-0.39, 0.29) is 31.1 Å². The molecule has 0 aromatic heterocycles. The first kappa shape index (κ1) is 53.6.